The first-order valence-corrected chi connectivity index (χ1v) is 9.68. The van der Waals surface area contributed by atoms with Crippen LogP contribution in [-0.2, 0) is 20.1 Å². The van der Waals surface area contributed by atoms with Crippen LogP contribution in [0.2, 0.25) is 0 Å². The summed E-state index contributed by atoms with van der Waals surface area (Å²) < 4.78 is 2.19. The van der Waals surface area contributed by atoms with Crippen molar-refractivity contribution in [1.82, 2.24) is 24.6 Å². The topological polar surface area (TPSA) is 63.2 Å². The minimum Gasteiger partial charge on any atom is -0.328 e. The third kappa shape index (κ3) is 3.39. The van der Waals surface area contributed by atoms with Crippen LogP contribution in [0.1, 0.15) is 35.3 Å². The summed E-state index contributed by atoms with van der Waals surface area (Å²) in [5, 5.41) is 11.0. The lowest BCUT2D eigenvalue weighted by molar-refractivity contribution is 0.119. The first kappa shape index (κ1) is 16.2. The number of thiophene rings is 1. The van der Waals surface area contributed by atoms with E-state index in [9.17, 15) is 0 Å². The lowest BCUT2D eigenvalue weighted by atomic mass is 9.80. The van der Waals surface area contributed by atoms with Gasteiger partial charge in [0.15, 0.2) is 0 Å². The summed E-state index contributed by atoms with van der Waals surface area (Å²) in [4.78, 5) is 6.49. The van der Waals surface area contributed by atoms with Gasteiger partial charge in [-0.1, -0.05) is 6.07 Å². The molecule has 2 N–H and O–H groups in total. The summed E-state index contributed by atoms with van der Waals surface area (Å²) in [6.45, 7) is 6.43. The van der Waals surface area contributed by atoms with Gasteiger partial charge < -0.3 is 10.3 Å². The molecule has 7 heteroatoms. The molecule has 2 aromatic rings. The Kier molecular flexibility index (Phi) is 4.67. The van der Waals surface area contributed by atoms with Gasteiger partial charge in [0.05, 0.1) is 6.54 Å². The highest BCUT2D eigenvalue weighted by Gasteiger charge is 2.31. The molecule has 0 spiro atoms. The van der Waals surface area contributed by atoms with E-state index >= 15 is 0 Å². The van der Waals surface area contributed by atoms with Gasteiger partial charge in [0.1, 0.15) is 11.6 Å². The molecule has 0 aromatic carbocycles. The maximum atomic E-state index is 5.90. The fourth-order valence-electron chi connectivity index (χ4n) is 3.67. The van der Waals surface area contributed by atoms with Crippen molar-refractivity contribution in [3.05, 3.63) is 34.0 Å². The van der Waals surface area contributed by atoms with E-state index in [4.69, 9.17) is 5.73 Å². The maximum absolute atomic E-state index is 5.90. The highest BCUT2D eigenvalue weighted by Crippen LogP contribution is 2.34. The Balaban J connectivity index is 1.29. The summed E-state index contributed by atoms with van der Waals surface area (Å²) in [7, 11) is 2.10. The predicted molar refractivity (Wildman–Crippen MR) is 95.8 cm³/mol. The van der Waals surface area contributed by atoms with E-state index in [1.54, 1.807) is 0 Å². The molecule has 3 heterocycles. The molecule has 2 fully saturated rings. The summed E-state index contributed by atoms with van der Waals surface area (Å²) in [5.41, 5.74) is 5.90. The molecule has 6 nitrogen and oxygen atoms in total. The molecule has 0 bridgehead atoms. The maximum Gasteiger partial charge on any atom is 0.146 e. The van der Waals surface area contributed by atoms with Gasteiger partial charge in [-0.25, -0.2) is 0 Å². The Morgan fingerprint density at radius 1 is 1.12 bits per heavy atom. The van der Waals surface area contributed by atoms with E-state index in [0.29, 0.717) is 12.0 Å². The molecule has 2 aromatic heterocycles. The van der Waals surface area contributed by atoms with Crippen LogP contribution in [0.4, 0.5) is 0 Å². The van der Waals surface area contributed by atoms with Crippen molar-refractivity contribution in [1.29, 1.82) is 0 Å². The minimum atomic E-state index is 0.353. The van der Waals surface area contributed by atoms with Crippen LogP contribution < -0.4 is 5.73 Å². The Bertz CT molecular complexity index is 653. The van der Waals surface area contributed by atoms with Crippen LogP contribution in [0.3, 0.4) is 0 Å². The fraction of sp³-hybridized carbons (Fsp3) is 0.647. The third-order valence-corrected chi connectivity index (χ3v) is 6.19. The largest absolute Gasteiger partial charge is 0.328 e. The molecule has 2 aliphatic rings. The molecular formula is C17H26N6S. The van der Waals surface area contributed by atoms with Gasteiger partial charge in [-0.05, 0) is 24.3 Å². The monoisotopic (exact) mass is 346 g/mol. The fourth-order valence-corrected chi connectivity index (χ4v) is 4.42. The second kappa shape index (κ2) is 6.92. The average Bonchev–Trinajstić information content (AvgIpc) is 3.17. The summed E-state index contributed by atoms with van der Waals surface area (Å²) >= 11 is 1.85. The molecule has 1 saturated heterocycles. The van der Waals surface area contributed by atoms with Crippen molar-refractivity contribution >= 4 is 11.3 Å². The van der Waals surface area contributed by atoms with Crippen molar-refractivity contribution in [2.75, 3.05) is 26.2 Å². The number of hydrogen-bond donors (Lipinski definition) is 1. The van der Waals surface area contributed by atoms with Crippen LogP contribution in [-0.4, -0.2) is 56.8 Å². The molecule has 1 saturated carbocycles. The lowest BCUT2D eigenvalue weighted by Gasteiger charge is -2.34. The van der Waals surface area contributed by atoms with Gasteiger partial charge in [-0.3, -0.25) is 9.80 Å². The zero-order valence-electron chi connectivity index (χ0n) is 14.3. The number of rotatable bonds is 5. The van der Waals surface area contributed by atoms with E-state index in [2.05, 4.69) is 49.1 Å². The Morgan fingerprint density at radius 2 is 1.83 bits per heavy atom. The minimum absolute atomic E-state index is 0.353. The normalized spacial score (nSPS) is 25.8. The molecule has 4 rings (SSSR count). The molecule has 0 atom stereocenters. The number of aromatic nitrogens is 3. The second-order valence-corrected chi connectivity index (χ2v) is 8.13. The quantitative estimate of drug-likeness (QED) is 0.887. The highest BCUT2D eigenvalue weighted by molar-refractivity contribution is 7.09. The third-order valence-electron chi connectivity index (χ3n) is 5.33. The number of nitrogens with two attached hydrogens (primary N) is 1. The second-order valence-electron chi connectivity index (χ2n) is 7.09. The van der Waals surface area contributed by atoms with Gasteiger partial charge in [0.25, 0.3) is 0 Å². The number of nitrogens with zero attached hydrogens (tertiary/aromatic N) is 5. The zero-order chi connectivity index (χ0) is 16.5. The molecule has 0 amide bonds. The van der Waals surface area contributed by atoms with Crippen LogP contribution in [0.5, 0.6) is 0 Å². The van der Waals surface area contributed by atoms with E-state index in [1.165, 1.54) is 4.88 Å². The highest BCUT2D eigenvalue weighted by atomic mass is 32.1. The Labute approximate surface area is 147 Å². The first-order valence-electron chi connectivity index (χ1n) is 8.80. The van der Waals surface area contributed by atoms with Crippen molar-refractivity contribution in [2.45, 2.75) is 37.9 Å². The van der Waals surface area contributed by atoms with Gasteiger partial charge in [0.2, 0.25) is 0 Å². The van der Waals surface area contributed by atoms with E-state index in [-0.39, 0.29) is 0 Å². The average molecular weight is 347 g/mol. The van der Waals surface area contributed by atoms with Crippen LogP contribution in [0.25, 0.3) is 0 Å². The molecule has 0 radical (unpaired) electrons. The molecule has 0 unspecified atom stereocenters. The van der Waals surface area contributed by atoms with Gasteiger partial charge >= 0.3 is 0 Å². The van der Waals surface area contributed by atoms with E-state index in [1.807, 2.05) is 11.3 Å². The molecule has 130 valence electrons. The molecule has 24 heavy (non-hydrogen) atoms. The van der Waals surface area contributed by atoms with Crippen molar-refractivity contribution in [2.24, 2.45) is 12.8 Å². The number of piperazine rings is 1. The van der Waals surface area contributed by atoms with Crippen LogP contribution in [0, 0.1) is 0 Å². The molecule has 1 aliphatic heterocycles. The van der Waals surface area contributed by atoms with Crippen molar-refractivity contribution in [3.8, 4) is 0 Å². The summed E-state index contributed by atoms with van der Waals surface area (Å²) in [5.74, 6) is 2.70. The van der Waals surface area contributed by atoms with Crippen molar-refractivity contribution in [3.63, 3.8) is 0 Å². The van der Waals surface area contributed by atoms with Crippen LogP contribution in [0.15, 0.2) is 17.5 Å². The summed E-state index contributed by atoms with van der Waals surface area (Å²) in [6, 6.07) is 4.72. The smallest absolute Gasteiger partial charge is 0.146 e. The number of hydrogen-bond acceptors (Lipinski definition) is 6. The zero-order valence-corrected chi connectivity index (χ0v) is 15.1. The molecule has 1 aliphatic carbocycles. The Hall–Kier alpha value is -1.28. The van der Waals surface area contributed by atoms with Gasteiger partial charge in [-0.15, -0.1) is 21.5 Å². The van der Waals surface area contributed by atoms with Crippen LogP contribution >= 0.6 is 11.3 Å². The van der Waals surface area contributed by atoms with Gasteiger partial charge in [-0.2, -0.15) is 0 Å². The summed E-state index contributed by atoms with van der Waals surface area (Å²) in [6.07, 6.45) is 2.10. The predicted octanol–water partition coefficient (Wildman–Crippen LogP) is 1.40. The van der Waals surface area contributed by atoms with E-state index < -0.39 is 0 Å². The van der Waals surface area contributed by atoms with E-state index in [0.717, 1.165) is 63.8 Å². The SMILES string of the molecule is Cn1c(CN2CCN(Cc3cccs3)CC2)nnc1C1CC(N)C1. The van der Waals surface area contributed by atoms with Gasteiger partial charge in [0, 0.05) is 56.6 Å². The molecular weight excluding hydrogens is 320 g/mol. The van der Waals surface area contributed by atoms with Crippen molar-refractivity contribution < 1.29 is 0 Å². The Morgan fingerprint density at radius 3 is 2.46 bits per heavy atom. The standard InChI is InChI=1S/C17H26N6S/c1-21-16(19-20-17(21)13-9-14(18)10-13)12-23-6-4-22(5-7-23)11-15-3-2-8-24-15/h2-3,8,13-14H,4-7,9-12,18H2,1H3. The first-order chi connectivity index (χ1) is 11.7. The lowest BCUT2D eigenvalue weighted by Crippen LogP contribution is -2.45.